The molecule has 2 aromatic heterocycles. The average molecular weight is 360 g/mol. The molecule has 7 heteroatoms. The number of carboxylic acids is 1. The minimum absolute atomic E-state index is 0.140. The van der Waals surface area contributed by atoms with Crippen molar-refractivity contribution in [3.8, 4) is 0 Å². The van der Waals surface area contributed by atoms with Crippen molar-refractivity contribution >= 4 is 33.3 Å². The van der Waals surface area contributed by atoms with Crippen LogP contribution in [0.2, 0.25) is 0 Å². The number of thiophene rings is 1. The van der Waals surface area contributed by atoms with Crippen LogP contribution >= 0.6 is 11.3 Å². The first kappa shape index (κ1) is 16.7. The molecular weight excluding hydrogens is 336 g/mol. The molecular formula is C18H24N4O2S. The number of nitrogens with two attached hydrogens (primary N) is 1. The Balaban J connectivity index is 1.66. The fraction of sp³-hybridized carbons (Fsp3) is 0.611. The summed E-state index contributed by atoms with van der Waals surface area (Å²) in [6, 6.07) is -0.467. The predicted molar refractivity (Wildman–Crippen MR) is 98.7 cm³/mol. The van der Waals surface area contributed by atoms with E-state index < -0.39 is 12.0 Å². The number of piperidine rings is 1. The summed E-state index contributed by atoms with van der Waals surface area (Å²) >= 11 is 1.73. The van der Waals surface area contributed by atoms with E-state index in [2.05, 4.69) is 4.98 Å². The Labute approximate surface area is 151 Å². The van der Waals surface area contributed by atoms with Gasteiger partial charge in [-0.05, 0) is 56.6 Å². The monoisotopic (exact) mass is 360 g/mol. The van der Waals surface area contributed by atoms with Gasteiger partial charge in [0.2, 0.25) is 0 Å². The number of hydrogen-bond acceptors (Lipinski definition) is 6. The normalized spacial score (nSPS) is 24.4. The summed E-state index contributed by atoms with van der Waals surface area (Å²) in [5.74, 6) is 0.578. The Morgan fingerprint density at radius 2 is 2.12 bits per heavy atom. The highest BCUT2D eigenvalue weighted by Crippen LogP contribution is 2.38. The zero-order valence-corrected chi connectivity index (χ0v) is 15.3. The number of aliphatic carboxylic acids is 1. The lowest BCUT2D eigenvalue weighted by Gasteiger charge is -2.36. The van der Waals surface area contributed by atoms with Crippen LogP contribution in [0.1, 0.15) is 48.9 Å². The smallest absolute Gasteiger partial charge is 0.321 e. The lowest BCUT2D eigenvalue weighted by Crippen LogP contribution is -2.48. The van der Waals surface area contributed by atoms with Crippen LogP contribution in [0.15, 0.2) is 0 Å². The van der Waals surface area contributed by atoms with Crippen molar-refractivity contribution < 1.29 is 9.90 Å². The summed E-state index contributed by atoms with van der Waals surface area (Å²) in [5, 5.41) is 10.6. The standard InChI is InChI=1S/C18H24N4O2S/c1-10-5-4-8-22(15(10)18(23)24)9-13-20-16(19)14-11-6-2-3-7-12(11)25-17(14)21-13/h10,15H,2-9H2,1H3,(H,23,24)(H2,19,20,21). The molecule has 0 bridgehead atoms. The Hall–Kier alpha value is -1.73. The number of likely N-dealkylation sites (tertiary alicyclic amines) is 1. The van der Waals surface area contributed by atoms with Gasteiger partial charge in [-0.1, -0.05) is 6.92 Å². The van der Waals surface area contributed by atoms with Gasteiger partial charge in [0, 0.05) is 4.88 Å². The molecule has 0 spiro atoms. The van der Waals surface area contributed by atoms with E-state index in [4.69, 9.17) is 10.7 Å². The minimum Gasteiger partial charge on any atom is -0.480 e. The Bertz CT molecular complexity index is 819. The molecule has 134 valence electrons. The van der Waals surface area contributed by atoms with Crippen molar-refractivity contribution in [2.45, 2.75) is 58.0 Å². The number of carbonyl (C=O) groups is 1. The average Bonchev–Trinajstić information content (AvgIpc) is 2.93. The number of carboxylic acid groups (broad SMARTS) is 1. The maximum absolute atomic E-state index is 11.7. The van der Waals surface area contributed by atoms with Crippen molar-refractivity contribution in [1.82, 2.24) is 14.9 Å². The third-order valence-electron chi connectivity index (χ3n) is 5.52. The number of aryl methyl sites for hydroxylation is 2. The molecule has 3 N–H and O–H groups in total. The number of nitrogen functional groups attached to an aromatic ring is 1. The molecule has 0 amide bonds. The van der Waals surface area contributed by atoms with E-state index in [1.807, 2.05) is 11.8 Å². The Kier molecular flexibility index (Phi) is 4.37. The number of nitrogens with zero attached hydrogens (tertiary/aromatic N) is 3. The fourth-order valence-electron chi connectivity index (χ4n) is 4.33. The second-order valence-corrected chi connectivity index (χ2v) is 8.37. The molecule has 6 nitrogen and oxygen atoms in total. The summed E-state index contributed by atoms with van der Waals surface area (Å²) in [6.07, 6.45) is 6.56. The van der Waals surface area contributed by atoms with E-state index in [-0.39, 0.29) is 5.92 Å². The summed E-state index contributed by atoms with van der Waals surface area (Å²) in [4.78, 5) is 25.3. The number of hydrogen-bond donors (Lipinski definition) is 2. The number of anilines is 1. The quantitative estimate of drug-likeness (QED) is 0.874. The van der Waals surface area contributed by atoms with Crippen LogP contribution in [0.25, 0.3) is 10.2 Å². The number of aromatic nitrogens is 2. The largest absolute Gasteiger partial charge is 0.480 e. The molecule has 1 saturated heterocycles. The van der Waals surface area contributed by atoms with E-state index in [1.165, 1.54) is 23.3 Å². The lowest BCUT2D eigenvalue weighted by atomic mass is 9.91. The van der Waals surface area contributed by atoms with Crippen LogP contribution in [0.4, 0.5) is 5.82 Å². The van der Waals surface area contributed by atoms with Crippen LogP contribution in [-0.2, 0) is 24.2 Å². The topological polar surface area (TPSA) is 92.3 Å². The summed E-state index contributed by atoms with van der Waals surface area (Å²) < 4.78 is 0. The van der Waals surface area contributed by atoms with Gasteiger partial charge in [0.25, 0.3) is 0 Å². The zero-order valence-electron chi connectivity index (χ0n) is 14.5. The van der Waals surface area contributed by atoms with E-state index in [0.29, 0.717) is 18.2 Å². The van der Waals surface area contributed by atoms with Crippen molar-refractivity contribution in [2.24, 2.45) is 5.92 Å². The Morgan fingerprint density at radius 1 is 1.32 bits per heavy atom. The molecule has 1 fully saturated rings. The first-order valence-corrected chi connectivity index (χ1v) is 9.89. The molecule has 2 aliphatic rings. The third kappa shape index (κ3) is 3.00. The SMILES string of the molecule is CC1CCCN(Cc2nc(N)c3c4c(sc3n2)CCCC4)C1C(=O)O. The van der Waals surface area contributed by atoms with Crippen molar-refractivity contribution in [3.63, 3.8) is 0 Å². The van der Waals surface area contributed by atoms with Gasteiger partial charge in [-0.25, -0.2) is 9.97 Å². The van der Waals surface area contributed by atoms with Crippen LogP contribution in [0.3, 0.4) is 0 Å². The maximum Gasteiger partial charge on any atom is 0.321 e. The predicted octanol–water partition coefficient (Wildman–Crippen LogP) is 2.84. The minimum atomic E-state index is -0.757. The first-order chi connectivity index (χ1) is 12.0. The molecule has 1 aliphatic carbocycles. The van der Waals surface area contributed by atoms with E-state index in [9.17, 15) is 9.90 Å². The van der Waals surface area contributed by atoms with Gasteiger partial charge in [0.1, 0.15) is 22.5 Å². The highest BCUT2D eigenvalue weighted by atomic mass is 32.1. The molecule has 0 radical (unpaired) electrons. The Morgan fingerprint density at radius 3 is 2.92 bits per heavy atom. The fourth-order valence-corrected chi connectivity index (χ4v) is 5.62. The molecule has 2 unspecified atom stereocenters. The van der Waals surface area contributed by atoms with Gasteiger partial charge in [-0.15, -0.1) is 11.3 Å². The van der Waals surface area contributed by atoms with E-state index >= 15 is 0 Å². The van der Waals surface area contributed by atoms with Crippen molar-refractivity contribution in [2.75, 3.05) is 12.3 Å². The summed E-state index contributed by atoms with van der Waals surface area (Å²) in [6.45, 7) is 3.23. The van der Waals surface area contributed by atoms with Gasteiger partial charge < -0.3 is 10.8 Å². The summed E-state index contributed by atoms with van der Waals surface area (Å²) in [5.41, 5.74) is 7.61. The second kappa shape index (κ2) is 6.53. The van der Waals surface area contributed by atoms with E-state index in [0.717, 1.165) is 42.4 Å². The van der Waals surface area contributed by atoms with Crippen molar-refractivity contribution in [1.29, 1.82) is 0 Å². The summed E-state index contributed by atoms with van der Waals surface area (Å²) in [7, 11) is 0. The van der Waals surface area contributed by atoms with Crippen LogP contribution in [0, 0.1) is 5.92 Å². The highest BCUT2D eigenvalue weighted by molar-refractivity contribution is 7.19. The zero-order chi connectivity index (χ0) is 17.6. The highest BCUT2D eigenvalue weighted by Gasteiger charge is 2.34. The van der Waals surface area contributed by atoms with Gasteiger partial charge >= 0.3 is 5.97 Å². The maximum atomic E-state index is 11.7. The first-order valence-electron chi connectivity index (χ1n) is 9.08. The van der Waals surface area contributed by atoms with Crippen LogP contribution in [0.5, 0.6) is 0 Å². The van der Waals surface area contributed by atoms with Gasteiger partial charge in [0.15, 0.2) is 0 Å². The lowest BCUT2D eigenvalue weighted by molar-refractivity contribution is -0.147. The second-order valence-electron chi connectivity index (χ2n) is 7.29. The number of rotatable bonds is 3. The van der Waals surface area contributed by atoms with Crippen LogP contribution in [-0.4, -0.2) is 38.5 Å². The van der Waals surface area contributed by atoms with E-state index in [1.54, 1.807) is 11.3 Å². The third-order valence-corrected chi connectivity index (χ3v) is 6.71. The molecule has 2 aromatic rings. The van der Waals surface area contributed by atoms with Gasteiger partial charge in [0.05, 0.1) is 11.9 Å². The molecule has 0 saturated carbocycles. The van der Waals surface area contributed by atoms with Crippen LogP contribution < -0.4 is 5.73 Å². The molecule has 2 atom stereocenters. The molecule has 1 aliphatic heterocycles. The molecule has 4 rings (SSSR count). The molecule has 25 heavy (non-hydrogen) atoms. The molecule has 0 aromatic carbocycles. The number of fused-ring (bicyclic) bond motifs is 3. The van der Waals surface area contributed by atoms with Gasteiger partial charge in [-0.2, -0.15) is 0 Å². The van der Waals surface area contributed by atoms with Crippen molar-refractivity contribution in [3.05, 3.63) is 16.3 Å². The van der Waals surface area contributed by atoms with Gasteiger partial charge in [-0.3, -0.25) is 9.69 Å². The molecule has 3 heterocycles.